The highest BCUT2D eigenvalue weighted by molar-refractivity contribution is 6.13. The molecule has 0 radical (unpaired) electrons. The predicted molar refractivity (Wildman–Crippen MR) is 119 cm³/mol. The third kappa shape index (κ3) is 4.39. The quantitative estimate of drug-likeness (QED) is 0.577. The first kappa shape index (κ1) is 21.2. The average Bonchev–Trinajstić information content (AvgIpc) is 3.51. The Bertz CT molecular complexity index is 1110. The predicted octanol–water partition coefficient (Wildman–Crippen LogP) is 4.04. The van der Waals surface area contributed by atoms with Gasteiger partial charge in [-0.05, 0) is 58.7 Å². The summed E-state index contributed by atoms with van der Waals surface area (Å²) in [5, 5.41) is 8.48. The van der Waals surface area contributed by atoms with Gasteiger partial charge in [0.1, 0.15) is 12.3 Å². The van der Waals surface area contributed by atoms with Gasteiger partial charge in [0.15, 0.2) is 5.65 Å². The van der Waals surface area contributed by atoms with Gasteiger partial charge in [-0.1, -0.05) is 0 Å². The molecule has 3 aromatic rings. The van der Waals surface area contributed by atoms with E-state index in [2.05, 4.69) is 31.1 Å². The molecule has 1 saturated carbocycles. The Labute approximate surface area is 182 Å². The first-order chi connectivity index (χ1) is 14.8. The first-order valence-corrected chi connectivity index (χ1v) is 10.6. The zero-order valence-electron chi connectivity index (χ0n) is 18.7. The number of rotatable bonds is 7. The molecule has 1 N–H and O–H groups in total. The number of aryl methyl sites for hydroxylation is 1. The summed E-state index contributed by atoms with van der Waals surface area (Å²) >= 11 is 0. The van der Waals surface area contributed by atoms with Gasteiger partial charge in [0.2, 0.25) is 5.88 Å². The minimum Gasteiger partial charge on any atom is -0.474 e. The lowest BCUT2D eigenvalue weighted by Crippen LogP contribution is -2.24. The van der Waals surface area contributed by atoms with Crippen molar-refractivity contribution in [2.75, 3.05) is 25.6 Å². The van der Waals surface area contributed by atoms with Crippen molar-refractivity contribution in [3.05, 3.63) is 41.3 Å². The number of carbonyl (C=O) groups excluding carboxylic acids is 1. The third-order valence-electron chi connectivity index (χ3n) is 5.25. The molecule has 4 rings (SSSR count). The van der Waals surface area contributed by atoms with Gasteiger partial charge in [0.25, 0.3) is 5.91 Å². The van der Waals surface area contributed by atoms with Crippen molar-refractivity contribution in [1.82, 2.24) is 19.7 Å². The molecule has 0 atom stereocenters. The summed E-state index contributed by atoms with van der Waals surface area (Å²) in [7, 11) is 1.61. The number of nitrogens with zero attached hydrogens (tertiary/aromatic N) is 4. The number of nitrogens with one attached hydrogen (secondary N) is 1. The molecule has 31 heavy (non-hydrogen) atoms. The molecule has 0 saturated heterocycles. The van der Waals surface area contributed by atoms with Crippen LogP contribution in [0.5, 0.6) is 5.88 Å². The smallest absolute Gasteiger partial charge is 0.256 e. The van der Waals surface area contributed by atoms with E-state index in [-0.39, 0.29) is 11.4 Å². The Hall–Kier alpha value is -3.00. The third-order valence-corrected chi connectivity index (χ3v) is 5.25. The van der Waals surface area contributed by atoms with E-state index in [1.54, 1.807) is 25.4 Å². The van der Waals surface area contributed by atoms with Crippen LogP contribution in [0.3, 0.4) is 0 Å². The standard InChI is InChI=1S/C23H29N5O3/c1-14-19-16(21(29)26-17-7-6-10-24-22(17)31-12-11-30-5)13-18(15-8-9-15)25-20(19)28(27-14)23(2,3)4/h6-7,10,13,15H,8-9,11-12H2,1-5H3,(H,26,29). The van der Waals surface area contributed by atoms with Crippen molar-refractivity contribution in [2.45, 2.75) is 52.0 Å². The topological polar surface area (TPSA) is 91.2 Å². The van der Waals surface area contributed by atoms with E-state index in [0.717, 1.165) is 35.3 Å². The van der Waals surface area contributed by atoms with Crippen molar-refractivity contribution >= 4 is 22.6 Å². The summed E-state index contributed by atoms with van der Waals surface area (Å²) in [6.07, 6.45) is 3.83. The van der Waals surface area contributed by atoms with Crippen LogP contribution in [0.4, 0.5) is 5.69 Å². The number of hydrogen-bond acceptors (Lipinski definition) is 6. The number of methoxy groups -OCH3 is 1. The minimum atomic E-state index is -0.249. The molecule has 164 valence electrons. The van der Waals surface area contributed by atoms with Crippen molar-refractivity contribution in [2.24, 2.45) is 0 Å². The number of ether oxygens (including phenoxy) is 2. The number of anilines is 1. The second-order valence-electron chi connectivity index (χ2n) is 8.89. The second-order valence-corrected chi connectivity index (χ2v) is 8.89. The molecule has 0 aliphatic heterocycles. The molecule has 3 heterocycles. The summed E-state index contributed by atoms with van der Waals surface area (Å²) in [4.78, 5) is 22.6. The van der Waals surface area contributed by atoms with Crippen LogP contribution in [0, 0.1) is 6.92 Å². The van der Waals surface area contributed by atoms with E-state index < -0.39 is 0 Å². The molecule has 0 bridgehead atoms. The Balaban J connectivity index is 1.74. The molecule has 1 aliphatic rings. The summed E-state index contributed by atoms with van der Waals surface area (Å²) in [5.41, 5.74) is 3.33. The molecule has 0 aromatic carbocycles. The monoisotopic (exact) mass is 423 g/mol. The zero-order valence-corrected chi connectivity index (χ0v) is 18.7. The lowest BCUT2D eigenvalue weighted by Gasteiger charge is -2.20. The fraction of sp³-hybridized carbons (Fsp3) is 0.478. The fourth-order valence-corrected chi connectivity index (χ4v) is 3.56. The van der Waals surface area contributed by atoms with E-state index in [4.69, 9.17) is 19.6 Å². The Morgan fingerprint density at radius 3 is 2.74 bits per heavy atom. The molecule has 8 heteroatoms. The van der Waals surface area contributed by atoms with Gasteiger partial charge in [0.05, 0.1) is 28.8 Å². The maximum atomic E-state index is 13.4. The maximum Gasteiger partial charge on any atom is 0.256 e. The van der Waals surface area contributed by atoms with E-state index in [1.807, 2.05) is 17.7 Å². The molecule has 1 aliphatic carbocycles. The summed E-state index contributed by atoms with van der Waals surface area (Å²) in [6, 6.07) is 5.46. The highest BCUT2D eigenvalue weighted by atomic mass is 16.5. The lowest BCUT2D eigenvalue weighted by molar-refractivity contribution is 0.102. The normalized spacial score (nSPS) is 14.1. The van der Waals surface area contributed by atoms with Crippen molar-refractivity contribution in [3.8, 4) is 5.88 Å². The number of amides is 1. The number of aromatic nitrogens is 4. The van der Waals surface area contributed by atoms with Crippen LogP contribution < -0.4 is 10.1 Å². The van der Waals surface area contributed by atoms with Crippen molar-refractivity contribution < 1.29 is 14.3 Å². The van der Waals surface area contributed by atoms with Crippen LogP contribution in [0.25, 0.3) is 11.0 Å². The number of hydrogen-bond donors (Lipinski definition) is 1. The second kappa shape index (κ2) is 8.26. The average molecular weight is 424 g/mol. The number of pyridine rings is 2. The molecule has 3 aromatic heterocycles. The maximum absolute atomic E-state index is 13.4. The van der Waals surface area contributed by atoms with Crippen LogP contribution in [-0.4, -0.2) is 46.0 Å². The molecular weight excluding hydrogens is 394 g/mol. The Morgan fingerprint density at radius 1 is 1.29 bits per heavy atom. The van der Waals surface area contributed by atoms with Gasteiger partial charge in [-0.2, -0.15) is 5.10 Å². The van der Waals surface area contributed by atoms with E-state index in [0.29, 0.717) is 36.3 Å². The largest absolute Gasteiger partial charge is 0.474 e. The zero-order chi connectivity index (χ0) is 22.2. The van der Waals surface area contributed by atoms with Crippen molar-refractivity contribution in [3.63, 3.8) is 0 Å². The summed E-state index contributed by atoms with van der Waals surface area (Å²) < 4.78 is 12.6. The van der Waals surface area contributed by atoms with Gasteiger partial charge < -0.3 is 14.8 Å². The Kier molecular flexibility index (Phi) is 5.66. The summed E-state index contributed by atoms with van der Waals surface area (Å²) in [5.74, 6) is 0.545. The van der Waals surface area contributed by atoms with E-state index in [1.165, 1.54) is 0 Å². The van der Waals surface area contributed by atoms with Crippen LogP contribution in [0.2, 0.25) is 0 Å². The number of fused-ring (bicyclic) bond motifs is 1. The van der Waals surface area contributed by atoms with E-state index in [9.17, 15) is 4.79 Å². The van der Waals surface area contributed by atoms with Crippen LogP contribution in [0.15, 0.2) is 24.4 Å². The summed E-state index contributed by atoms with van der Waals surface area (Å²) in [6.45, 7) is 8.96. The first-order valence-electron chi connectivity index (χ1n) is 10.6. The highest BCUT2D eigenvalue weighted by Crippen LogP contribution is 2.41. The highest BCUT2D eigenvalue weighted by Gasteiger charge is 2.30. The molecule has 0 unspecified atom stereocenters. The molecule has 1 fully saturated rings. The van der Waals surface area contributed by atoms with Gasteiger partial charge in [0, 0.05) is 24.9 Å². The molecule has 8 nitrogen and oxygen atoms in total. The molecule has 1 amide bonds. The van der Waals surface area contributed by atoms with Crippen LogP contribution in [0.1, 0.15) is 61.3 Å². The molecule has 0 spiro atoms. The number of carbonyl (C=O) groups is 1. The fourth-order valence-electron chi connectivity index (χ4n) is 3.56. The minimum absolute atomic E-state index is 0.226. The SMILES string of the molecule is COCCOc1ncccc1NC(=O)c1cc(C2CC2)nc2c1c(C)nn2C(C)(C)C. The van der Waals surface area contributed by atoms with Crippen molar-refractivity contribution in [1.29, 1.82) is 0 Å². The van der Waals surface area contributed by atoms with Crippen LogP contribution in [-0.2, 0) is 10.3 Å². The van der Waals surface area contributed by atoms with Gasteiger partial charge in [-0.15, -0.1) is 0 Å². The van der Waals surface area contributed by atoms with Crippen LogP contribution >= 0.6 is 0 Å². The van der Waals surface area contributed by atoms with Gasteiger partial charge in [-0.25, -0.2) is 14.6 Å². The van der Waals surface area contributed by atoms with Gasteiger partial charge >= 0.3 is 0 Å². The van der Waals surface area contributed by atoms with E-state index >= 15 is 0 Å². The molecular formula is C23H29N5O3. The Morgan fingerprint density at radius 2 is 2.06 bits per heavy atom. The lowest BCUT2D eigenvalue weighted by atomic mass is 10.1. The van der Waals surface area contributed by atoms with Gasteiger partial charge in [-0.3, -0.25) is 4.79 Å².